The van der Waals surface area contributed by atoms with Gasteiger partial charge in [-0.25, -0.2) is 0 Å². The number of esters is 1. The maximum absolute atomic E-state index is 14.0. The third-order valence-corrected chi connectivity index (χ3v) is 5.44. The molecule has 1 aromatic rings. The van der Waals surface area contributed by atoms with Gasteiger partial charge in [0, 0.05) is 0 Å². The van der Waals surface area contributed by atoms with Crippen molar-refractivity contribution in [3.05, 3.63) is 23.8 Å². The summed E-state index contributed by atoms with van der Waals surface area (Å²) in [5, 5.41) is 0. The Morgan fingerprint density at radius 2 is 1.58 bits per heavy atom. The van der Waals surface area contributed by atoms with Gasteiger partial charge in [-0.3, -0.25) is 4.79 Å². The Morgan fingerprint density at radius 3 is 2.17 bits per heavy atom. The van der Waals surface area contributed by atoms with Crippen LogP contribution in [0, 0.1) is 29.4 Å². The first-order valence-corrected chi connectivity index (χ1v) is 8.92. The summed E-state index contributed by atoms with van der Waals surface area (Å²) in [6.07, 6.45) is 7.58. The van der Waals surface area contributed by atoms with E-state index in [1.807, 2.05) is 0 Å². The van der Waals surface area contributed by atoms with Gasteiger partial charge in [0.2, 0.25) is 11.6 Å². The molecular weight excluding hydrogens is 314 g/mol. The predicted octanol–water partition coefficient (Wildman–Crippen LogP) is 4.88. The number of rotatable bonds is 5. The minimum atomic E-state index is -1.17. The molecule has 2 aliphatic rings. The Morgan fingerprint density at radius 1 is 1.00 bits per heavy atom. The smallest absolute Gasteiger partial charge is 0.314 e. The van der Waals surface area contributed by atoms with Gasteiger partial charge < -0.3 is 9.47 Å². The molecule has 0 N–H and O–H groups in total. The largest absolute Gasteiger partial charge is 0.491 e. The first kappa shape index (κ1) is 17.2. The maximum Gasteiger partial charge on any atom is 0.314 e. The number of ether oxygens (including phenoxy) is 2. The number of halogens is 2. The van der Waals surface area contributed by atoms with Crippen molar-refractivity contribution in [3.63, 3.8) is 0 Å². The summed E-state index contributed by atoms with van der Waals surface area (Å²) in [7, 11) is 0. The molecule has 0 spiro atoms. The van der Waals surface area contributed by atoms with Gasteiger partial charge in [0.15, 0.2) is 11.5 Å². The summed E-state index contributed by atoms with van der Waals surface area (Å²) in [4.78, 5) is 12.3. The van der Waals surface area contributed by atoms with Gasteiger partial charge in [0.25, 0.3) is 0 Å². The van der Waals surface area contributed by atoms with Gasteiger partial charge in [-0.05, 0) is 56.6 Å². The minimum Gasteiger partial charge on any atom is -0.491 e. The Bertz CT molecular complexity index is 591. The molecule has 0 aromatic heterocycles. The third-order valence-electron chi connectivity index (χ3n) is 5.44. The molecule has 132 valence electrons. The molecule has 24 heavy (non-hydrogen) atoms. The molecule has 5 heteroatoms. The molecule has 3 nitrogen and oxygen atoms in total. The number of hydrogen-bond donors (Lipinski definition) is 0. The Labute approximate surface area is 141 Å². The van der Waals surface area contributed by atoms with Crippen molar-refractivity contribution in [1.29, 1.82) is 0 Å². The van der Waals surface area contributed by atoms with E-state index in [4.69, 9.17) is 9.47 Å². The van der Waals surface area contributed by atoms with E-state index in [0.717, 1.165) is 37.5 Å². The molecule has 0 radical (unpaired) electrons. The van der Waals surface area contributed by atoms with Crippen LogP contribution in [-0.4, -0.2) is 12.6 Å². The van der Waals surface area contributed by atoms with Crippen molar-refractivity contribution in [2.75, 3.05) is 6.61 Å². The van der Waals surface area contributed by atoms with E-state index in [1.54, 1.807) is 6.92 Å². The van der Waals surface area contributed by atoms with Gasteiger partial charge >= 0.3 is 5.97 Å². The van der Waals surface area contributed by atoms with Crippen LogP contribution < -0.4 is 9.47 Å². The molecule has 0 aliphatic heterocycles. The highest BCUT2D eigenvalue weighted by atomic mass is 19.2. The highest BCUT2D eigenvalue weighted by molar-refractivity contribution is 5.75. The zero-order valence-corrected chi connectivity index (χ0v) is 14.0. The standard InChI is InChI=1S/C19H24F2O3/c1-2-23-15-10-11-16(18(21)17(15)20)24-19(22)14-8-6-13(7-9-14)12-4-3-5-12/h10-14H,2-9H2,1H3. The molecule has 1 aromatic carbocycles. The van der Waals surface area contributed by atoms with Crippen LogP contribution in [0.5, 0.6) is 11.5 Å². The van der Waals surface area contributed by atoms with Crippen LogP contribution in [0.3, 0.4) is 0 Å². The van der Waals surface area contributed by atoms with E-state index in [2.05, 4.69) is 0 Å². The second kappa shape index (κ2) is 7.49. The van der Waals surface area contributed by atoms with Crippen LogP contribution in [-0.2, 0) is 4.79 Å². The van der Waals surface area contributed by atoms with E-state index >= 15 is 0 Å². The molecule has 0 heterocycles. The summed E-state index contributed by atoms with van der Waals surface area (Å²) < 4.78 is 38.0. The molecule has 3 rings (SSSR count). The number of benzene rings is 1. The van der Waals surface area contributed by atoms with Gasteiger partial charge in [-0.15, -0.1) is 0 Å². The lowest BCUT2D eigenvalue weighted by molar-refractivity contribution is -0.140. The lowest BCUT2D eigenvalue weighted by Crippen LogP contribution is -2.30. The Kier molecular flexibility index (Phi) is 5.36. The normalized spacial score (nSPS) is 24.3. The summed E-state index contributed by atoms with van der Waals surface area (Å²) >= 11 is 0. The average molecular weight is 338 g/mol. The number of carbonyl (C=O) groups excluding carboxylic acids is 1. The predicted molar refractivity (Wildman–Crippen MR) is 86.0 cm³/mol. The lowest BCUT2D eigenvalue weighted by atomic mass is 9.68. The van der Waals surface area contributed by atoms with Crippen molar-refractivity contribution in [1.82, 2.24) is 0 Å². The summed E-state index contributed by atoms with van der Waals surface area (Å²) in [6.45, 7) is 1.92. The first-order valence-electron chi connectivity index (χ1n) is 8.92. The molecule has 2 aliphatic carbocycles. The van der Waals surface area contributed by atoms with Crippen LogP contribution in [0.1, 0.15) is 51.9 Å². The SMILES string of the molecule is CCOc1ccc(OC(=O)C2CCC(C3CCC3)CC2)c(F)c1F. The van der Waals surface area contributed by atoms with E-state index < -0.39 is 17.6 Å². The zero-order valence-electron chi connectivity index (χ0n) is 14.0. The van der Waals surface area contributed by atoms with Crippen LogP contribution in [0.2, 0.25) is 0 Å². The van der Waals surface area contributed by atoms with Crippen molar-refractivity contribution < 1.29 is 23.0 Å². The summed E-state index contributed by atoms with van der Waals surface area (Å²) in [5.41, 5.74) is 0. The van der Waals surface area contributed by atoms with E-state index in [-0.39, 0.29) is 24.0 Å². The molecule has 0 amide bonds. The summed E-state index contributed by atoms with van der Waals surface area (Å²) in [6, 6.07) is 2.54. The fourth-order valence-electron chi connectivity index (χ4n) is 3.79. The topological polar surface area (TPSA) is 35.5 Å². The van der Waals surface area contributed by atoms with Gasteiger partial charge in [-0.1, -0.05) is 19.3 Å². The quantitative estimate of drug-likeness (QED) is 0.567. The van der Waals surface area contributed by atoms with E-state index in [1.165, 1.54) is 31.4 Å². The molecule has 2 fully saturated rings. The van der Waals surface area contributed by atoms with Gasteiger partial charge in [0.05, 0.1) is 12.5 Å². The van der Waals surface area contributed by atoms with E-state index in [9.17, 15) is 13.6 Å². The zero-order chi connectivity index (χ0) is 17.1. The lowest BCUT2D eigenvalue weighted by Gasteiger charge is -2.37. The van der Waals surface area contributed by atoms with Crippen LogP contribution in [0.4, 0.5) is 8.78 Å². The monoisotopic (exact) mass is 338 g/mol. The summed E-state index contributed by atoms with van der Waals surface area (Å²) in [5.74, 6) is -1.92. The molecule has 0 unspecified atom stereocenters. The Hall–Kier alpha value is -1.65. The fraction of sp³-hybridized carbons (Fsp3) is 0.632. The molecule has 2 saturated carbocycles. The molecular formula is C19H24F2O3. The molecule has 0 atom stereocenters. The third kappa shape index (κ3) is 3.55. The highest BCUT2D eigenvalue weighted by Gasteiger charge is 2.34. The maximum atomic E-state index is 14.0. The van der Waals surface area contributed by atoms with Crippen molar-refractivity contribution in [2.45, 2.75) is 51.9 Å². The molecule has 0 saturated heterocycles. The highest BCUT2D eigenvalue weighted by Crippen LogP contribution is 2.42. The van der Waals surface area contributed by atoms with Crippen molar-refractivity contribution in [3.8, 4) is 11.5 Å². The van der Waals surface area contributed by atoms with Gasteiger partial charge in [-0.2, -0.15) is 8.78 Å². The average Bonchev–Trinajstić information content (AvgIpc) is 2.53. The van der Waals surface area contributed by atoms with Crippen molar-refractivity contribution >= 4 is 5.97 Å². The van der Waals surface area contributed by atoms with E-state index in [0.29, 0.717) is 0 Å². The van der Waals surface area contributed by atoms with Crippen LogP contribution in [0.25, 0.3) is 0 Å². The van der Waals surface area contributed by atoms with Crippen molar-refractivity contribution in [2.24, 2.45) is 17.8 Å². The van der Waals surface area contributed by atoms with Crippen LogP contribution >= 0.6 is 0 Å². The number of carbonyl (C=O) groups is 1. The Balaban J connectivity index is 1.58. The number of hydrogen-bond acceptors (Lipinski definition) is 3. The molecule has 0 bridgehead atoms. The fourth-order valence-corrected chi connectivity index (χ4v) is 3.79. The van der Waals surface area contributed by atoms with Crippen LogP contribution in [0.15, 0.2) is 12.1 Å². The van der Waals surface area contributed by atoms with Gasteiger partial charge in [0.1, 0.15) is 0 Å². The first-order chi connectivity index (χ1) is 11.6. The minimum absolute atomic E-state index is 0.171. The second-order valence-electron chi connectivity index (χ2n) is 6.85. The second-order valence-corrected chi connectivity index (χ2v) is 6.85.